The first-order valence-electron chi connectivity index (χ1n) is 5.73. The van der Waals surface area contributed by atoms with Crippen LogP contribution in [0.3, 0.4) is 0 Å². The van der Waals surface area contributed by atoms with Crippen molar-refractivity contribution in [2.45, 2.75) is 33.6 Å². The van der Waals surface area contributed by atoms with Crippen LogP contribution in [0.5, 0.6) is 0 Å². The number of hydrogen-bond donors (Lipinski definition) is 2. The van der Waals surface area contributed by atoms with Gasteiger partial charge in [0, 0.05) is 5.92 Å². The topological polar surface area (TPSA) is 75.3 Å². The van der Waals surface area contributed by atoms with E-state index in [4.69, 9.17) is 0 Å². The van der Waals surface area contributed by atoms with Crippen LogP contribution in [0.1, 0.15) is 33.6 Å². The van der Waals surface area contributed by atoms with Crippen LogP contribution in [0.2, 0.25) is 0 Å². The lowest BCUT2D eigenvalue weighted by atomic mass is 9.87. The second-order valence-corrected chi connectivity index (χ2v) is 4.38. The Morgan fingerprint density at radius 3 is 2.41 bits per heavy atom. The second kappa shape index (κ2) is 5.61. The van der Waals surface area contributed by atoms with Crippen molar-refractivity contribution in [1.29, 1.82) is 0 Å². The second-order valence-electron chi connectivity index (χ2n) is 4.38. The van der Waals surface area contributed by atoms with Crippen molar-refractivity contribution in [1.82, 2.24) is 10.6 Å². The highest BCUT2D eigenvalue weighted by molar-refractivity contribution is 6.07. The Morgan fingerprint density at radius 2 is 1.82 bits per heavy atom. The molecule has 4 amide bonds. The van der Waals surface area contributed by atoms with E-state index in [1.165, 1.54) is 5.57 Å². The quantitative estimate of drug-likeness (QED) is 0.729. The minimum absolute atomic E-state index is 0.371. The first-order chi connectivity index (χ1) is 7.95. The maximum Gasteiger partial charge on any atom is 0.328 e. The molecule has 1 aliphatic rings. The number of amides is 4. The van der Waals surface area contributed by atoms with Crippen LogP contribution in [0.15, 0.2) is 11.6 Å². The van der Waals surface area contributed by atoms with E-state index in [9.17, 15) is 14.4 Å². The molecule has 1 fully saturated rings. The van der Waals surface area contributed by atoms with Gasteiger partial charge in [0.05, 0.1) is 5.92 Å². The van der Waals surface area contributed by atoms with E-state index >= 15 is 0 Å². The van der Waals surface area contributed by atoms with Gasteiger partial charge < -0.3 is 0 Å². The van der Waals surface area contributed by atoms with E-state index in [0.717, 1.165) is 6.42 Å². The maximum absolute atomic E-state index is 11.7. The molecule has 2 unspecified atom stereocenters. The third-order valence-corrected chi connectivity index (χ3v) is 3.17. The molecule has 0 aromatic carbocycles. The molecular formula is C12H18N2O3. The molecule has 17 heavy (non-hydrogen) atoms. The van der Waals surface area contributed by atoms with Gasteiger partial charge in [-0.15, -0.1) is 0 Å². The zero-order chi connectivity index (χ0) is 13.0. The number of carbonyl (C=O) groups is 3. The average molecular weight is 238 g/mol. The van der Waals surface area contributed by atoms with Gasteiger partial charge in [0.15, 0.2) is 0 Å². The van der Waals surface area contributed by atoms with Gasteiger partial charge in [-0.3, -0.25) is 20.2 Å². The van der Waals surface area contributed by atoms with Gasteiger partial charge in [0.25, 0.3) is 0 Å². The molecule has 0 aliphatic carbocycles. The van der Waals surface area contributed by atoms with Crippen molar-refractivity contribution >= 4 is 17.8 Å². The Kier molecular flexibility index (Phi) is 4.43. The van der Waals surface area contributed by atoms with E-state index < -0.39 is 23.8 Å². The molecule has 1 aliphatic heterocycles. The fourth-order valence-electron chi connectivity index (χ4n) is 1.78. The van der Waals surface area contributed by atoms with Gasteiger partial charge in [-0.2, -0.15) is 0 Å². The third-order valence-electron chi connectivity index (χ3n) is 3.17. The van der Waals surface area contributed by atoms with Crippen molar-refractivity contribution < 1.29 is 14.4 Å². The molecule has 0 aromatic rings. The maximum atomic E-state index is 11.7. The van der Waals surface area contributed by atoms with Crippen LogP contribution < -0.4 is 10.6 Å². The van der Waals surface area contributed by atoms with Crippen molar-refractivity contribution in [2.75, 3.05) is 0 Å². The van der Waals surface area contributed by atoms with Crippen LogP contribution in [0.4, 0.5) is 4.79 Å². The first kappa shape index (κ1) is 13.4. The standard InChI is InChI=1S/C12H18N2O3/c1-4-7(2)5-6-9-8(3)10(15)13-12(17)14-11(9)16/h4,8-9H,5-6H2,1-3H3,(H2,13,14,15,16,17)/b7-4+. The molecule has 2 N–H and O–H groups in total. The Hall–Kier alpha value is -1.65. The molecule has 1 heterocycles. The van der Waals surface area contributed by atoms with Crippen molar-refractivity contribution in [3.05, 3.63) is 11.6 Å². The molecule has 0 saturated carbocycles. The number of urea groups is 1. The zero-order valence-electron chi connectivity index (χ0n) is 10.4. The number of carbonyl (C=O) groups excluding carboxylic acids is 3. The molecule has 1 saturated heterocycles. The molecular weight excluding hydrogens is 220 g/mol. The summed E-state index contributed by atoms with van der Waals surface area (Å²) in [6.45, 7) is 5.58. The van der Waals surface area contributed by atoms with Crippen LogP contribution in [-0.4, -0.2) is 17.8 Å². The number of nitrogens with one attached hydrogen (secondary N) is 2. The fourth-order valence-corrected chi connectivity index (χ4v) is 1.78. The van der Waals surface area contributed by atoms with Gasteiger partial charge in [-0.05, 0) is 26.7 Å². The highest BCUT2D eigenvalue weighted by atomic mass is 16.2. The minimum atomic E-state index is -0.725. The molecule has 0 spiro atoms. The van der Waals surface area contributed by atoms with Crippen LogP contribution in [0.25, 0.3) is 0 Å². The Bertz CT molecular complexity index is 374. The van der Waals surface area contributed by atoms with Crippen molar-refractivity contribution in [3.8, 4) is 0 Å². The van der Waals surface area contributed by atoms with Crippen LogP contribution in [0, 0.1) is 11.8 Å². The largest absolute Gasteiger partial charge is 0.328 e. The van der Waals surface area contributed by atoms with Gasteiger partial charge in [-0.1, -0.05) is 18.6 Å². The van der Waals surface area contributed by atoms with Crippen molar-refractivity contribution in [2.24, 2.45) is 11.8 Å². The predicted molar refractivity (Wildman–Crippen MR) is 63.0 cm³/mol. The van der Waals surface area contributed by atoms with Crippen LogP contribution >= 0.6 is 0 Å². The van der Waals surface area contributed by atoms with Gasteiger partial charge in [0.1, 0.15) is 0 Å². The lowest BCUT2D eigenvalue weighted by Crippen LogP contribution is -2.39. The number of allylic oxidation sites excluding steroid dienone is 2. The Labute approximate surface area is 101 Å². The molecule has 2 atom stereocenters. The lowest BCUT2D eigenvalue weighted by molar-refractivity contribution is -0.131. The van der Waals surface area contributed by atoms with E-state index in [1.54, 1.807) is 6.92 Å². The smallest absolute Gasteiger partial charge is 0.278 e. The third kappa shape index (κ3) is 3.41. The highest BCUT2D eigenvalue weighted by Gasteiger charge is 2.34. The Balaban J connectivity index is 2.76. The molecule has 94 valence electrons. The summed E-state index contributed by atoms with van der Waals surface area (Å²) in [6, 6.07) is -0.725. The van der Waals surface area contributed by atoms with Crippen LogP contribution in [-0.2, 0) is 9.59 Å². The summed E-state index contributed by atoms with van der Waals surface area (Å²) in [4.78, 5) is 34.4. The number of hydrogen-bond acceptors (Lipinski definition) is 3. The molecule has 5 heteroatoms. The lowest BCUT2D eigenvalue weighted by Gasteiger charge is -2.17. The van der Waals surface area contributed by atoms with Gasteiger partial charge >= 0.3 is 6.03 Å². The first-order valence-corrected chi connectivity index (χ1v) is 5.73. The Morgan fingerprint density at radius 1 is 1.24 bits per heavy atom. The summed E-state index contributed by atoms with van der Waals surface area (Å²) in [5, 5.41) is 4.29. The van der Waals surface area contributed by atoms with E-state index in [-0.39, 0.29) is 5.91 Å². The SMILES string of the molecule is C/C=C(\C)CCC1C(=O)NC(=O)NC(=O)C1C. The van der Waals surface area contributed by atoms with E-state index in [2.05, 4.69) is 10.6 Å². The average Bonchev–Trinajstić information content (AvgIpc) is 2.35. The van der Waals surface area contributed by atoms with E-state index in [1.807, 2.05) is 19.9 Å². The van der Waals surface area contributed by atoms with Crippen molar-refractivity contribution in [3.63, 3.8) is 0 Å². The monoisotopic (exact) mass is 238 g/mol. The molecule has 0 aromatic heterocycles. The number of imide groups is 2. The summed E-state index contributed by atoms with van der Waals surface area (Å²) in [6.07, 6.45) is 3.30. The fraction of sp³-hybridized carbons (Fsp3) is 0.583. The molecule has 0 bridgehead atoms. The van der Waals surface area contributed by atoms with Gasteiger partial charge in [-0.25, -0.2) is 4.79 Å². The normalized spacial score (nSPS) is 26.3. The summed E-state index contributed by atoms with van der Waals surface area (Å²) < 4.78 is 0. The number of rotatable bonds is 3. The van der Waals surface area contributed by atoms with E-state index in [0.29, 0.717) is 6.42 Å². The summed E-state index contributed by atoms with van der Waals surface area (Å²) in [7, 11) is 0. The van der Waals surface area contributed by atoms with Gasteiger partial charge in [0.2, 0.25) is 11.8 Å². The molecule has 0 radical (unpaired) electrons. The summed E-state index contributed by atoms with van der Waals surface area (Å²) in [5.74, 6) is -1.69. The summed E-state index contributed by atoms with van der Waals surface area (Å²) >= 11 is 0. The highest BCUT2D eigenvalue weighted by Crippen LogP contribution is 2.22. The summed E-state index contributed by atoms with van der Waals surface area (Å²) in [5.41, 5.74) is 1.17. The molecule has 1 rings (SSSR count). The molecule has 5 nitrogen and oxygen atoms in total. The minimum Gasteiger partial charge on any atom is -0.278 e. The predicted octanol–water partition coefficient (Wildman–Crippen LogP) is 1.35. The zero-order valence-corrected chi connectivity index (χ0v) is 10.4.